The summed E-state index contributed by atoms with van der Waals surface area (Å²) in [5.74, 6) is -0.429. The Morgan fingerprint density at radius 3 is 2.42 bits per heavy atom. The van der Waals surface area contributed by atoms with Crippen molar-refractivity contribution in [3.05, 3.63) is 0 Å². The van der Waals surface area contributed by atoms with E-state index in [0.29, 0.717) is 0 Å². The standard InChI is InChI=1S/C6H12N2O4/c1-4(12-5(2)9)7-8-6(10)11-3/h4,7H,1-3H3,(H,8,10). The molecule has 1 amide bonds. The molecule has 6 heteroatoms. The fourth-order valence-electron chi connectivity index (χ4n) is 0.490. The van der Waals surface area contributed by atoms with Crippen LogP contribution in [0.3, 0.4) is 0 Å². The van der Waals surface area contributed by atoms with Gasteiger partial charge in [0.2, 0.25) is 0 Å². The number of carbonyl (C=O) groups is 2. The number of hydrogen-bond acceptors (Lipinski definition) is 5. The van der Waals surface area contributed by atoms with Crippen LogP contribution in [0.25, 0.3) is 0 Å². The van der Waals surface area contributed by atoms with Gasteiger partial charge in [0.05, 0.1) is 7.11 Å². The average Bonchev–Trinajstić information content (AvgIpc) is 1.99. The highest BCUT2D eigenvalue weighted by molar-refractivity contribution is 5.67. The monoisotopic (exact) mass is 176 g/mol. The summed E-state index contributed by atoms with van der Waals surface area (Å²) in [6.07, 6.45) is -1.23. The van der Waals surface area contributed by atoms with Crippen LogP contribution in [0.2, 0.25) is 0 Å². The highest BCUT2D eigenvalue weighted by atomic mass is 16.6. The number of carbonyl (C=O) groups excluding carboxylic acids is 2. The van der Waals surface area contributed by atoms with E-state index in [1.807, 2.05) is 0 Å². The fraction of sp³-hybridized carbons (Fsp3) is 0.667. The van der Waals surface area contributed by atoms with Crippen molar-refractivity contribution < 1.29 is 19.1 Å². The van der Waals surface area contributed by atoms with Crippen LogP contribution < -0.4 is 10.9 Å². The molecule has 0 aliphatic heterocycles. The van der Waals surface area contributed by atoms with Crippen LogP contribution >= 0.6 is 0 Å². The van der Waals surface area contributed by atoms with Gasteiger partial charge in [0, 0.05) is 6.92 Å². The zero-order chi connectivity index (χ0) is 9.56. The number of esters is 1. The highest BCUT2D eigenvalue weighted by Crippen LogP contribution is 1.83. The summed E-state index contributed by atoms with van der Waals surface area (Å²) in [5, 5.41) is 0. The van der Waals surface area contributed by atoms with Crippen LogP contribution in [-0.4, -0.2) is 25.4 Å². The number of amides is 1. The lowest BCUT2D eigenvalue weighted by atomic mass is 10.6. The molecule has 0 saturated heterocycles. The number of hydrogen-bond donors (Lipinski definition) is 2. The number of methoxy groups -OCH3 is 1. The molecular weight excluding hydrogens is 164 g/mol. The Bertz CT molecular complexity index is 171. The van der Waals surface area contributed by atoms with Gasteiger partial charge in [-0.05, 0) is 6.92 Å². The molecule has 1 unspecified atom stereocenters. The third kappa shape index (κ3) is 5.48. The Balaban J connectivity index is 3.50. The van der Waals surface area contributed by atoms with E-state index in [9.17, 15) is 9.59 Å². The van der Waals surface area contributed by atoms with Crippen LogP contribution in [0.15, 0.2) is 0 Å². The van der Waals surface area contributed by atoms with Gasteiger partial charge in [-0.1, -0.05) is 0 Å². The molecule has 0 spiro atoms. The van der Waals surface area contributed by atoms with Crippen molar-refractivity contribution in [1.29, 1.82) is 0 Å². The first-order chi connectivity index (χ1) is 5.56. The maximum absolute atomic E-state index is 10.5. The van der Waals surface area contributed by atoms with Gasteiger partial charge in [0.15, 0.2) is 6.23 Å². The van der Waals surface area contributed by atoms with E-state index in [0.717, 1.165) is 0 Å². The maximum atomic E-state index is 10.5. The second-order valence-corrected chi connectivity index (χ2v) is 2.01. The summed E-state index contributed by atoms with van der Waals surface area (Å²) in [6.45, 7) is 2.84. The van der Waals surface area contributed by atoms with Gasteiger partial charge in [0.1, 0.15) is 0 Å². The smallest absolute Gasteiger partial charge is 0.421 e. The van der Waals surface area contributed by atoms with Gasteiger partial charge in [-0.25, -0.2) is 4.79 Å². The molecule has 0 fully saturated rings. The summed E-state index contributed by atoms with van der Waals surface area (Å²) in [4.78, 5) is 20.8. The number of ether oxygens (including phenoxy) is 2. The Morgan fingerprint density at radius 1 is 1.42 bits per heavy atom. The predicted molar refractivity (Wildman–Crippen MR) is 39.9 cm³/mol. The van der Waals surface area contributed by atoms with Gasteiger partial charge in [-0.3, -0.25) is 10.2 Å². The minimum atomic E-state index is -0.644. The normalized spacial score (nSPS) is 11.6. The molecule has 0 rings (SSSR count). The van der Waals surface area contributed by atoms with Gasteiger partial charge >= 0.3 is 12.1 Å². The molecule has 0 aliphatic carbocycles. The lowest BCUT2D eigenvalue weighted by molar-refractivity contribution is -0.147. The number of hydrazine groups is 1. The van der Waals surface area contributed by atoms with E-state index in [1.165, 1.54) is 14.0 Å². The molecule has 0 aromatic rings. The molecule has 0 heterocycles. The molecule has 0 radical (unpaired) electrons. The van der Waals surface area contributed by atoms with E-state index in [1.54, 1.807) is 6.92 Å². The quantitative estimate of drug-likeness (QED) is 0.352. The summed E-state index contributed by atoms with van der Waals surface area (Å²) >= 11 is 0. The molecule has 2 N–H and O–H groups in total. The van der Waals surface area contributed by atoms with E-state index in [-0.39, 0.29) is 0 Å². The van der Waals surface area contributed by atoms with Crippen LogP contribution in [0.4, 0.5) is 4.79 Å². The minimum absolute atomic E-state index is 0.429. The molecular formula is C6H12N2O4. The minimum Gasteiger partial charge on any atom is -0.452 e. The Hall–Kier alpha value is -1.30. The van der Waals surface area contributed by atoms with Crippen molar-refractivity contribution in [2.75, 3.05) is 7.11 Å². The SMILES string of the molecule is COC(=O)NNC(C)OC(C)=O. The summed E-state index contributed by atoms with van der Waals surface area (Å²) in [5.41, 5.74) is 4.55. The molecule has 1 atom stereocenters. The molecule has 12 heavy (non-hydrogen) atoms. The lowest BCUT2D eigenvalue weighted by Gasteiger charge is -2.13. The van der Waals surface area contributed by atoms with Crippen molar-refractivity contribution in [1.82, 2.24) is 10.9 Å². The van der Waals surface area contributed by atoms with E-state index in [4.69, 9.17) is 0 Å². The first kappa shape index (κ1) is 10.7. The number of nitrogens with one attached hydrogen (secondary N) is 2. The van der Waals surface area contributed by atoms with Crippen LogP contribution in [0.5, 0.6) is 0 Å². The third-order valence-corrected chi connectivity index (χ3v) is 0.906. The molecule has 0 bridgehead atoms. The summed E-state index contributed by atoms with van der Waals surface area (Å²) in [6, 6.07) is 0. The van der Waals surface area contributed by atoms with Crippen molar-refractivity contribution in [3.8, 4) is 0 Å². The van der Waals surface area contributed by atoms with Crippen molar-refractivity contribution in [2.45, 2.75) is 20.1 Å². The Kier molecular flexibility index (Phi) is 4.78. The van der Waals surface area contributed by atoms with Gasteiger partial charge in [-0.2, -0.15) is 5.43 Å². The van der Waals surface area contributed by atoms with E-state index >= 15 is 0 Å². The highest BCUT2D eigenvalue weighted by Gasteiger charge is 2.05. The van der Waals surface area contributed by atoms with Crippen LogP contribution in [0.1, 0.15) is 13.8 Å². The summed E-state index contributed by atoms with van der Waals surface area (Å²) < 4.78 is 8.88. The van der Waals surface area contributed by atoms with Crippen molar-refractivity contribution in [2.24, 2.45) is 0 Å². The van der Waals surface area contributed by atoms with E-state index in [2.05, 4.69) is 20.3 Å². The Labute approximate surface area is 70.2 Å². The third-order valence-electron chi connectivity index (χ3n) is 0.906. The lowest BCUT2D eigenvalue weighted by Crippen LogP contribution is -2.44. The Morgan fingerprint density at radius 2 is 2.00 bits per heavy atom. The van der Waals surface area contributed by atoms with Crippen LogP contribution in [0, 0.1) is 0 Å². The largest absolute Gasteiger partial charge is 0.452 e. The average molecular weight is 176 g/mol. The zero-order valence-corrected chi connectivity index (χ0v) is 7.21. The molecule has 6 nitrogen and oxygen atoms in total. The van der Waals surface area contributed by atoms with E-state index < -0.39 is 18.3 Å². The first-order valence-electron chi connectivity index (χ1n) is 3.33. The topological polar surface area (TPSA) is 76.7 Å². The second kappa shape index (κ2) is 5.36. The predicted octanol–water partition coefficient (Wildman–Crippen LogP) is -0.244. The zero-order valence-electron chi connectivity index (χ0n) is 7.21. The molecule has 0 saturated carbocycles. The van der Waals surface area contributed by atoms with Crippen LogP contribution in [-0.2, 0) is 14.3 Å². The first-order valence-corrected chi connectivity index (χ1v) is 3.33. The fourth-order valence-corrected chi connectivity index (χ4v) is 0.490. The molecule has 0 aromatic carbocycles. The van der Waals surface area contributed by atoms with Crippen molar-refractivity contribution in [3.63, 3.8) is 0 Å². The number of rotatable bonds is 3. The molecule has 0 aliphatic rings. The second-order valence-electron chi connectivity index (χ2n) is 2.01. The van der Waals surface area contributed by atoms with Gasteiger partial charge in [0.25, 0.3) is 0 Å². The maximum Gasteiger partial charge on any atom is 0.421 e. The molecule has 0 aromatic heterocycles. The summed E-state index contributed by atoms with van der Waals surface area (Å²) in [7, 11) is 1.23. The molecule has 70 valence electrons. The van der Waals surface area contributed by atoms with Crippen molar-refractivity contribution >= 4 is 12.1 Å². The van der Waals surface area contributed by atoms with Gasteiger partial charge in [-0.15, -0.1) is 0 Å². The van der Waals surface area contributed by atoms with Gasteiger partial charge < -0.3 is 9.47 Å².